The highest BCUT2D eigenvalue weighted by molar-refractivity contribution is 7.20. The lowest BCUT2D eigenvalue weighted by atomic mass is 10.0. The Morgan fingerprint density at radius 1 is 1.33 bits per heavy atom. The predicted molar refractivity (Wildman–Crippen MR) is 115 cm³/mol. The number of hydrogen-bond donors (Lipinski definition) is 1. The lowest BCUT2D eigenvalue weighted by Gasteiger charge is -2.34. The van der Waals surface area contributed by atoms with Gasteiger partial charge < -0.3 is 19.7 Å². The largest absolute Gasteiger partial charge is 0.383 e. The van der Waals surface area contributed by atoms with Gasteiger partial charge in [-0.05, 0) is 32.0 Å². The molecule has 4 heterocycles. The molecule has 2 aliphatic rings. The second-order valence-electron chi connectivity index (χ2n) is 7.63. The topological polar surface area (TPSA) is 84.0 Å². The molecular weight excluding hydrogens is 404 g/mol. The summed E-state index contributed by atoms with van der Waals surface area (Å²) in [7, 11) is 1.60. The van der Waals surface area contributed by atoms with Crippen LogP contribution in [-0.4, -0.2) is 86.2 Å². The lowest BCUT2D eigenvalue weighted by Crippen LogP contribution is -2.46. The van der Waals surface area contributed by atoms with E-state index in [2.05, 4.69) is 15.2 Å². The molecule has 1 atom stereocenters. The van der Waals surface area contributed by atoms with Crippen LogP contribution in [0.5, 0.6) is 0 Å². The number of amides is 2. The molecule has 1 N–H and O–H groups in total. The molecule has 2 fully saturated rings. The van der Waals surface area contributed by atoms with Crippen molar-refractivity contribution in [3.8, 4) is 0 Å². The molecule has 2 aliphatic heterocycles. The van der Waals surface area contributed by atoms with Crippen LogP contribution in [0.3, 0.4) is 0 Å². The van der Waals surface area contributed by atoms with Crippen LogP contribution >= 0.6 is 11.3 Å². The van der Waals surface area contributed by atoms with Gasteiger partial charge in [0.2, 0.25) is 5.91 Å². The summed E-state index contributed by atoms with van der Waals surface area (Å²) in [6.07, 6.45) is 3.70. The number of methoxy groups -OCH3 is 1. The molecule has 30 heavy (non-hydrogen) atoms. The van der Waals surface area contributed by atoms with Crippen molar-refractivity contribution >= 4 is 33.4 Å². The average Bonchev–Trinajstić information content (AvgIpc) is 3.41. The molecule has 0 radical (unpaired) electrons. The van der Waals surface area contributed by atoms with Gasteiger partial charge in [0.1, 0.15) is 15.8 Å². The summed E-state index contributed by atoms with van der Waals surface area (Å²) in [5, 5.41) is 3.81. The van der Waals surface area contributed by atoms with Crippen LogP contribution < -0.4 is 5.32 Å². The first-order valence-electron chi connectivity index (χ1n) is 10.4. The molecule has 0 spiro atoms. The van der Waals surface area contributed by atoms with E-state index < -0.39 is 0 Å². The molecule has 0 saturated carbocycles. The quantitative estimate of drug-likeness (QED) is 0.670. The Kier molecular flexibility index (Phi) is 6.93. The number of ether oxygens (including phenoxy) is 2. The number of morpholine rings is 1. The Morgan fingerprint density at radius 3 is 2.97 bits per heavy atom. The van der Waals surface area contributed by atoms with Gasteiger partial charge in [0.15, 0.2) is 0 Å². The van der Waals surface area contributed by atoms with E-state index in [4.69, 9.17) is 9.47 Å². The first-order chi connectivity index (χ1) is 14.7. The highest BCUT2D eigenvalue weighted by atomic mass is 32.1. The van der Waals surface area contributed by atoms with Crippen molar-refractivity contribution in [1.29, 1.82) is 0 Å². The van der Waals surface area contributed by atoms with Gasteiger partial charge >= 0.3 is 0 Å². The third-order valence-electron chi connectivity index (χ3n) is 5.60. The van der Waals surface area contributed by atoms with Gasteiger partial charge in [-0.25, -0.2) is 4.98 Å². The summed E-state index contributed by atoms with van der Waals surface area (Å²) in [6, 6.07) is 3.83. The molecule has 0 aromatic carbocycles. The molecule has 9 heteroatoms. The number of nitrogens with zero attached hydrogens (tertiary/aromatic N) is 3. The van der Waals surface area contributed by atoms with Gasteiger partial charge in [0.05, 0.1) is 26.3 Å². The standard InChI is InChI=1S/C21H28N4O4S/c1-28-11-7-22-20(27)19-18(15-5-4-6-23-21(15)30-19)16-13-25(10-12-29-16)17(26)14-24-8-2-3-9-24/h4-6,16H,2-3,7-14H2,1H3,(H,22,27)/t16-/m0/s1. The van der Waals surface area contributed by atoms with Crippen molar-refractivity contribution in [2.24, 2.45) is 0 Å². The summed E-state index contributed by atoms with van der Waals surface area (Å²) in [5.41, 5.74) is 0.830. The minimum atomic E-state index is -0.345. The molecule has 0 aliphatic carbocycles. The van der Waals surface area contributed by atoms with Gasteiger partial charge in [0, 0.05) is 37.3 Å². The maximum absolute atomic E-state index is 12.9. The van der Waals surface area contributed by atoms with Gasteiger partial charge in [-0.2, -0.15) is 0 Å². The van der Waals surface area contributed by atoms with Crippen LogP contribution in [0.1, 0.15) is 34.2 Å². The normalized spacial score (nSPS) is 20.0. The number of aromatic nitrogens is 1. The van der Waals surface area contributed by atoms with Crippen LogP contribution in [0, 0.1) is 0 Å². The Hall–Kier alpha value is -2.07. The second kappa shape index (κ2) is 9.82. The van der Waals surface area contributed by atoms with Gasteiger partial charge in [-0.1, -0.05) is 6.07 Å². The molecule has 0 unspecified atom stereocenters. The fourth-order valence-corrected chi connectivity index (χ4v) is 5.18. The van der Waals surface area contributed by atoms with Crippen molar-refractivity contribution in [3.63, 3.8) is 0 Å². The molecule has 2 aromatic heterocycles. The number of likely N-dealkylation sites (tertiary alicyclic amines) is 1. The summed E-state index contributed by atoms with van der Waals surface area (Å²) in [5.74, 6) is -0.0249. The maximum Gasteiger partial charge on any atom is 0.261 e. The summed E-state index contributed by atoms with van der Waals surface area (Å²) < 4.78 is 11.1. The van der Waals surface area contributed by atoms with E-state index in [9.17, 15) is 9.59 Å². The van der Waals surface area contributed by atoms with Gasteiger partial charge in [-0.3, -0.25) is 14.5 Å². The van der Waals surface area contributed by atoms with Crippen molar-refractivity contribution in [2.75, 3.05) is 59.6 Å². The van der Waals surface area contributed by atoms with Crippen LogP contribution in [0.25, 0.3) is 10.2 Å². The molecule has 162 valence electrons. The predicted octanol–water partition coefficient (Wildman–Crippen LogP) is 1.67. The van der Waals surface area contributed by atoms with E-state index in [1.165, 1.54) is 11.3 Å². The first-order valence-corrected chi connectivity index (χ1v) is 11.3. The number of hydrogen-bond acceptors (Lipinski definition) is 7. The van der Waals surface area contributed by atoms with E-state index in [1.807, 2.05) is 17.0 Å². The Labute approximate surface area is 180 Å². The van der Waals surface area contributed by atoms with Crippen LogP contribution in [-0.2, 0) is 14.3 Å². The number of fused-ring (bicyclic) bond motifs is 1. The molecule has 2 saturated heterocycles. The van der Waals surface area contributed by atoms with Crippen molar-refractivity contribution in [1.82, 2.24) is 20.1 Å². The van der Waals surface area contributed by atoms with Crippen LogP contribution in [0.2, 0.25) is 0 Å². The van der Waals surface area contributed by atoms with Gasteiger partial charge in [-0.15, -0.1) is 11.3 Å². The number of pyridine rings is 1. The zero-order valence-corrected chi connectivity index (χ0v) is 18.1. The monoisotopic (exact) mass is 432 g/mol. The minimum Gasteiger partial charge on any atom is -0.383 e. The zero-order valence-electron chi connectivity index (χ0n) is 17.3. The minimum absolute atomic E-state index is 0.133. The van der Waals surface area contributed by atoms with E-state index in [1.54, 1.807) is 13.3 Å². The maximum atomic E-state index is 12.9. The van der Waals surface area contributed by atoms with Crippen LogP contribution in [0.4, 0.5) is 0 Å². The third kappa shape index (κ3) is 4.64. The van der Waals surface area contributed by atoms with Crippen LogP contribution in [0.15, 0.2) is 18.3 Å². The Bertz CT molecular complexity index is 896. The lowest BCUT2D eigenvalue weighted by molar-refractivity contribution is -0.139. The highest BCUT2D eigenvalue weighted by Gasteiger charge is 2.32. The number of rotatable bonds is 7. The summed E-state index contributed by atoms with van der Waals surface area (Å²) in [6.45, 7) is 4.82. The summed E-state index contributed by atoms with van der Waals surface area (Å²) in [4.78, 5) is 35.6. The first kappa shape index (κ1) is 21.2. The molecule has 0 bridgehead atoms. The zero-order chi connectivity index (χ0) is 20.9. The molecule has 8 nitrogen and oxygen atoms in total. The van der Waals surface area contributed by atoms with E-state index in [-0.39, 0.29) is 17.9 Å². The van der Waals surface area contributed by atoms with E-state index >= 15 is 0 Å². The second-order valence-corrected chi connectivity index (χ2v) is 8.63. The SMILES string of the molecule is COCCNC(=O)c1sc2ncccc2c1[C@@H]1CN(C(=O)CN2CCCC2)CCO1. The van der Waals surface area contributed by atoms with Crippen molar-refractivity contribution in [2.45, 2.75) is 18.9 Å². The summed E-state index contributed by atoms with van der Waals surface area (Å²) >= 11 is 1.36. The molecule has 2 aromatic rings. The number of carbonyl (C=O) groups is 2. The Balaban J connectivity index is 1.55. The van der Waals surface area contributed by atoms with Crippen molar-refractivity contribution in [3.05, 3.63) is 28.8 Å². The van der Waals surface area contributed by atoms with Gasteiger partial charge in [0.25, 0.3) is 5.91 Å². The number of thiophene rings is 1. The number of carbonyl (C=O) groups excluding carboxylic acids is 2. The van der Waals surface area contributed by atoms with E-state index in [0.717, 1.165) is 41.7 Å². The third-order valence-corrected chi connectivity index (χ3v) is 6.73. The molecule has 2 amide bonds. The average molecular weight is 433 g/mol. The van der Waals surface area contributed by atoms with E-state index in [0.29, 0.717) is 44.3 Å². The fraction of sp³-hybridized carbons (Fsp3) is 0.571. The van der Waals surface area contributed by atoms with Crippen molar-refractivity contribution < 1.29 is 19.1 Å². The smallest absolute Gasteiger partial charge is 0.261 e. The Morgan fingerprint density at radius 2 is 2.17 bits per heavy atom. The highest BCUT2D eigenvalue weighted by Crippen LogP contribution is 2.37. The number of nitrogens with one attached hydrogen (secondary N) is 1. The molecular formula is C21H28N4O4S. The molecule has 4 rings (SSSR count). The fourth-order valence-electron chi connectivity index (χ4n) is 4.07.